The largest absolute Gasteiger partial charge is 0.394 e. The smallest absolute Gasteiger partial charge is 0.217 e. The van der Waals surface area contributed by atoms with Crippen LogP contribution in [0.15, 0.2) is 0 Å². The van der Waals surface area contributed by atoms with E-state index in [-0.39, 0.29) is 0 Å². The Kier molecular flexibility index (Phi) is 9.94. The summed E-state index contributed by atoms with van der Waals surface area (Å²) in [6, 6.07) is -1.24. The van der Waals surface area contributed by atoms with Crippen LogP contribution in [-0.2, 0) is 23.7 Å². The van der Waals surface area contributed by atoms with E-state index in [1.54, 1.807) is 0 Å². The molecule has 9 N–H and O–H groups in total. The van der Waals surface area contributed by atoms with Gasteiger partial charge in [0.1, 0.15) is 54.9 Å². The van der Waals surface area contributed by atoms with Gasteiger partial charge in [0, 0.05) is 6.92 Å². The first kappa shape index (κ1) is 26.2. The van der Waals surface area contributed by atoms with Crippen molar-refractivity contribution in [3.8, 4) is 0 Å². The van der Waals surface area contributed by atoms with E-state index in [0.29, 0.717) is 0 Å². The summed E-state index contributed by atoms with van der Waals surface area (Å²) in [5.41, 5.74) is 0. The van der Waals surface area contributed by atoms with Crippen molar-refractivity contribution >= 4 is 5.91 Å². The number of hydrogen-bond donors (Lipinski definition) is 9. The molecule has 2 aliphatic heterocycles. The molecule has 2 fully saturated rings. The van der Waals surface area contributed by atoms with Crippen molar-refractivity contribution in [1.82, 2.24) is 5.32 Å². The van der Waals surface area contributed by atoms with E-state index in [1.165, 1.54) is 0 Å². The van der Waals surface area contributed by atoms with Crippen molar-refractivity contribution in [2.45, 2.75) is 74.4 Å². The number of nitrogens with one attached hydrogen (secondary N) is 1. The van der Waals surface area contributed by atoms with Crippen LogP contribution in [0.3, 0.4) is 0 Å². The number of carbonyl (C=O) groups is 1. The van der Waals surface area contributed by atoms with E-state index in [0.717, 1.165) is 6.92 Å². The van der Waals surface area contributed by atoms with Gasteiger partial charge in [-0.15, -0.1) is 0 Å². The van der Waals surface area contributed by atoms with Gasteiger partial charge in [-0.05, 0) is 0 Å². The molecule has 182 valence electrons. The first-order valence-electron chi connectivity index (χ1n) is 9.72. The lowest BCUT2D eigenvalue weighted by Crippen LogP contribution is -2.68. The minimum absolute atomic E-state index is 0.418. The summed E-state index contributed by atoms with van der Waals surface area (Å²) in [5, 5.41) is 80.5. The van der Waals surface area contributed by atoms with Crippen molar-refractivity contribution in [1.29, 1.82) is 0 Å². The zero-order valence-electron chi connectivity index (χ0n) is 16.8. The van der Waals surface area contributed by atoms with E-state index in [1.807, 2.05) is 0 Å². The molecule has 0 spiro atoms. The SMILES string of the molecule is CC(=O)N[C@H]1[C@H](OCC(O)CO)O[C@H](CO)[C@H](O)[C@@H]1O[C@H]1O[C@H](CO)[C@H](O)[C@H](O)[C@H]1O. The number of hydrogen-bond acceptors (Lipinski definition) is 13. The Bertz CT molecular complexity index is 566. The average Bonchev–Trinajstić information content (AvgIpc) is 2.74. The van der Waals surface area contributed by atoms with Gasteiger partial charge in [-0.1, -0.05) is 0 Å². The molecule has 1 amide bonds. The third kappa shape index (κ3) is 6.28. The number of aliphatic hydroxyl groups excluding tert-OH is 8. The highest BCUT2D eigenvalue weighted by Crippen LogP contribution is 2.29. The molecule has 2 heterocycles. The minimum Gasteiger partial charge on any atom is -0.394 e. The molecule has 2 rings (SSSR count). The second-order valence-electron chi connectivity index (χ2n) is 7.41. The fourth-order valence-electron chi connectivity index (χ4n) is 3.35. The van der Waals surface area contributed by atoms with Crippen LogP contribution < -0.4 is 5.32 Å². The van der Waals surface area contributed by atoms with Gasteiger partial charge in [-0.2, -0.15) is 0 Å². The zero-order valence-corrected chi connectivity index (χ0v) is 16.8. The maximum Gasteiger partial charge on any atom is 0.217 e. The van der Waals surface area contributed by atoms with Crippen LogP contribution in [0.1, 0.15) is 6.92 Å². The predicted octanol–water partition coefficient (Wildman–Crippen LogP) is -5.88. The van der Waals surface area contributed by atoms with E-state index in [9.17, 15) is 40.5 Å². The standard InChI is InChI=1S/C17H31NO13/c1-6(22)18-10-15(31-17-14(27)13(26)11(24)8(3-20)30-17)12(25)9(4-21)29-16(10)28-5-7(23)2-19/h7-17,19-21,23-27H,2-5H2,1H3,(H,18,22)/t7?,8-,9-,10-,11+,12+,13+,14-,15-,16-,17-/m1/s1. The predicted molar refractivity (Wildman–Crippen MR) is 97.0 cm³/mol. The number of aliphatic hydroxyl groups is 8. The van der Waals surface area contributed by atoms with Crippen LogP contribution in [0.4, 0.5) is 0 Å². The topological polar surface area (TPSA) is 228 Å². The molecule has 0 radical (unpaired) electrons. The molecule has 1 unspecified atom stereocenters. The molecule has 0 bridgehead atoms. The average molecular weight is 457 g/mol. The first-order valence-corrected chi connectivity index (χ1v) is 9.72. The Hall–Kier alpha value is -1.01. The summed E-state index contributed by atoms with van der Waals surface area (Å²) in [5.74, 6) is -0.582. The fourth-order valence-corrected chi connectivity index (χ4v) is 3.35. The lowest BCUT2D eigenvalue weighted by molar-refractivity contribution is -0.345. The van der Waals surface area contributed by atoms with Crippen molar-refractivity contribution in [3.63, 3.8) is 0 Å². The molecule has 2 saturated heterocycles. The summed E-state index contributed by atoms with van der Waals surface area (Å²) < 4.78 is 21.7. The Morgan fingerprint density at radius 2 is 1.52 bits per heavy atom. The number of ether oxygens (including phenoxy) is 4. The molecular formula is C17H31NO13. The van der Waals surface area contributed by atoms with Crippen LogP contribution in [0.5, 0.6) is 0 Å². The molecule has 0 aliphatic carbocycles. The van der Waals surface area contributed by atoms with Gasteiger partial charge in [0.25, 0.3) is 0 Å². The quantitative estimate of drug-likeness (QED) is 0.157. The third-order valence-electron chi connectivity index (χ3n) is 5.03. The lowest BCUT2D eigenvalue weighted by atomic mass is 9.95. The number of rotatable bonds is 9. The zero-order chi connectivity index (χ0) is 23.3. The summed E-state index contributed by atoms with van der Waals surface area (Å²) in [6.07, 6.45) is -15.0. The van der Waals surface area contributed by atoms with Crippen LogP contribution in [-0.4, -0.2) is 141 Å². The van der Waals surface area contributed by atoms with Gasteiger partial charge in [0.15, 0.2) is 12.6 Å². The van der Waals surface area contributed by atoms with Gasteiger partial charge in [-0.3, -0.25) is 4.79 Å². The van der Waals surface area contributed by atoms with Crippen LogP contribution in [0.2, 0.25) is 0 Å². The summed E-state index contributed by atoms with van der Waals surface area (Å²) in [4.78, 5) is 11.7. The summed E-state index contributed by atoms with van der Waals surface area (Å²) in [7, 11) is 0. The minimum atomic E-state index is -1.78. The highest BCUT2D eigenvalue weighted by molar-refractivity contribution is 5.73. The Balaban J connectivity index is 2.26. The maximum atomic E-state index is 11.7. The van der Waals surface area contributed by atoms with Gasteiger partial charge in [0.05, 0.1) is 26.4 Å². The second kappa shape index (κ2) is 11.7. The van der Waals surface area contributed by atoms with Crippen molar-refractivity contribution in [2.75, 3.05) is 26.4 Å². The van der Waals surface area contributed by atoms with E-state index >= 15 is 0 Å². The lowest BCUT2D eigenvalue weighted by Gasteiger charge is -2.47. The molecule has 31 heavy (non-hydrogen) atoms. The van der Waals surface area contributed by atoms with Gasteiger partial charge in [-0.25, -0.2) is 0 Å². The number of amides is 1. The van der Waals surface area contributed by atoms with Crippen LogP contribution in [0.25, 0.3) is 0 Å². The van der Waals surface area contributed by atoms with E-state index < -0.39 is 99.8 Å². The number of carbonyl (C=O) groups excluding carboxylic acids is 1. The van der Waals surface area contributed by atoms with Crippen LogP contribution >= 0.6 is 0 Å². The first-order chi connectivity index (χ1) is 14.6. The highest BCUT2D eigenvalue weighted by Gasteiger charge is 2.51. The molecule has 14 heteroatoms. The van der Waals surface area contributed by atoms with Crippen molar-refractivity contribution in [2.24, 2.45) is 0 Å². The van der Waals surface area contributed by atoms with Gasteiger partial charge < -0.3 is 65.1 Å². The van der Waals surface area contributed by atoms with E-state index in [2.05, 4.69) is 5.32 Å². The fraction of sp³-hybridized carbons (Fsp3) is 0.941. The molecule has 2 aliphatic rings. The van der Waals surface area contributed by atoms with Crippen molar-refractivity contribution in [3.05, 3.63) is 0 Å². The maximum absolute atomic E-state index is 11.7. The van der Waals surface area contributed by atoms with E-state index in [4.69, 9.17) is 24.1 Å². The normalized spacial score (nSPS) is 42.2. The monoisotopic (exact) mass is 457 g/mol. The van der Waals surface area contributed by atoms with Crippen LogP contribution in [0, 0.1) is 0 Å². The molecule has 0 saturated carbocycles. The Labute approximate surface area is 177 Å². The Morgan fingerprint density at radius 1 is 0.935 bits per heavy atom. The molecule has 0 aromatic heterocycles. The molecule has 11 atom stereocenters. The molecular weight excluding hydrogens is 426 g/mol. The third-order valence-corrected chi connectivity index (χ3v) is 5.03. The van der Waals surface area contributed by atoms with Gasteiger partial charge >= 0.3 is 0 Å². The summed E-state index contributed by atoms with van der Waals surface area (Å²) in [6.45, 7) is -1.27. The summed E-state index contributed by atoms with van der Waals surface area (Å²) >= 11 is 0. The van der Waals surface area contributed by atoms with Gasteiger partial charge in [0.2, 0.25) is 5.91 Å². The molecule has 0 aromatic rings. The second-order valence-corrected chi connectivity index (χ2v) is 7.41. The molecule has 0 aromatic carbocycles. The van der Waals surface area contributed by atoms with Crippen molar-refractivity contribution < 1.29 is 64.6 Å². The highest BCUT2D eigenvalue weighted by atomic mass is 16.7. The Morgan fingerprint density at radius 3 is 2.06 bits per heavy atom. The molecule has 14 nitrogen and oxygen atoms in total.